The van der Waals surface area contributed by atoms with Crippen LogP contribution in [-0.4, -0.2) is 54.8 Å². The Bertz CT molecular complexity index is 573. The number of morpholine rings is 1. The Labute approximate surface area is 134 Å². The molecule has 0 spiro atoms. The lowest BCUT2D eigenvalue weighted by Gasteiger charge is -2.34. The zero-order valence-electron chi connectivity index (χ0n) is 12.6. The topological polar surface area (TPSA) is 59.5 Å². The number of rotatable bonds is 6. The third kappa shape index (κ3) is 3.73. The summed E-state index contributed by atoms with van der Waals surface area (Å²) in [6.45, 7) is 4.23. The van der Waals surface area contributed by atoms with Crippen LogP contribution in [0.5, 0.6) is 5.88 Å². The van der Waals surface area contributed by atoms with Gasteiger partial charge in [0.25, 0.3) is 0 Å². The zero-order valence-corrected chi connectivity index (χ0v) is 13.4. The molecule has 1 N–H and O–H groups in total. The Morgan fingerprint density at radius 1 is 1.41 bits per heavy atom. The largest absolute Gasteiger partial charge is 0.481 e. The van der Waals surface area contributed by atoms with Crippen molar-refractivity contribution in [3.05, 3.63) is 34.7 Å². The summed E-state index contributed by atoms with van der Waals surface area (Å²) in [5.74, 6) is 1.16. The number of nitrogens with zero attached hydrogens (tertiary/aromatic N) is 3. The highest BCUT2D eigenvalue weighted by molar-refractivity contribution is 7.10. The number of aromatic nitrogens is 2. The number of anilines is 1. The van der Waals surface area contributed by atoms with E-state index in [2.05, 4.69) is 37.7 Å². The van der Waals surface area contributed by atoms with Crippen LogP contribution in [0.15, 0.2) is 29.8 Å². The molecular weight excluding hydrogens is 300 g/mol. The van der Waals surface area contributed by atoms with Crippen LogP contribution < -0.4 is 10.1 Å². The molecule has 0 aromatic carbocycles. The van der Waals surface area contributed by atoms with Crippen LogP contribution in [-0.2, 0) is 4.74 Å². The van der Waals surface area contributed by atoms with Gasteiger partial charge in [0.1, 0.15) is 0 Å². The van der Waals surface area contributed by atoms with E-state index < -0.39 is 0 Å². The monoisotopic (exact) mass is 320 g/mol. The minimum Gasteiger partial charge on any atom is -0.481 e. The molecule has 0 aliphatic carbocycles. The second kappa shape index (κ2) is 7.53. The molecule has 1 atom stereocenters. The van der Waals surface area contributed by atoms with Gasteiger partial charge in [0.05, 0.1) is 26.4 Å². The van der Waals surface area contributed by atoms with Crippen molar-refractivity contribution in [3.63, 3.8) is 0 Å². The van der Waals surface area contributed by atoms with E-state index in [1.165, 1.54) is 4.88 Å². The molecule has 3 rings (SSSR count). The highest BCUT2D eigenvalue weighted by Crippen LogP contribution is 2.26. The van der Waals surface area contributed by atoms with E-state index in [0.29, 0.717) is 17.9 Å². The van der Waals surface area contributed by atoms with Crippen molar-refractivity contribution in [2.75, 3.05) is 45.3 Å². The van der Waals surface area contributed by atoms with Crippen LogP contribution in [0.1, 0.15) is 10.9 Å². The molecule has 0 bridgehead atoms. The predicted octanol–water partition coefficient (Wildman–Crippen LogP) is 2.03. The van der Waals surface area contributed by atoms with Crippen molar-refractivity contribution in [3.8, 4) is 5.88 Å². The number of ether oxygens (including phenoxy) is 2. The van der Waals surface area contributed by atoms with Crippen LogP contribution in [0.2, 0.25) is 0 Å². The van der Waals surface area contributed by atoms with Gasteiger partial charge in [-0.3, -0.25) is 4.90 Å². The maximum atomic E-state index is 5.46. The summed E-state index contributed by atoms with van der Waals surface area (Å²) in [6, 6.07) is 6.32. The molecule has 0 saturated carbocycles. The Balaban J connectivity index is 1.69. The second-order valence-electron chi connectivity index (χ2n) is 4.98. The van der Waals surface area contributed by atoms with Crippen LogP contribution >= 0.6 is 11.3 Å². The third-order valence-electron chi connectivity index (χ3n) is 3.65. The fraction of sp³-hybridized carbons (Fsp3) is 0.467. The molecule has 118 valence electrons. The van der Waals surface area contributed by atoms with Gasteiger partial charge < -0.3 is 14.8 Å². The summed E-state index contributed by atoms with van der Waals surface area (Å²) in [4.78, 5) is 12.3. The molecule has 1 saturated heterocycles. The summed E-state index contributed by atoms with van der Waals surface area (Å²) < 4.78 is 10.6. The summed E-state index contributed by atoms with van der Waals surface area (Å²) in [5.41, 5.74) is 0. The van der Waals surface area contributed by atoms with Crippen molar-refractivity contribution in [2.45, 2.75) is 6.04 Å². The van der Waals surface area contributed by atoms with Crippen molar-refractivity contribution in [1.29, 1.82) is 0 Å². The smallest absolute Gasteiger partial charge is 0.226 e. The van der Waals surface area contributed by atoms with E-state index in [1.807, 2.05) is 0 Å². The van der Waals surface area contributed by atoms with Crippen molar-refractivity contribution < 1.29 is 9.47 Å². The van der Waals surface area contributed by atoms with E-state index in [0.717, 1.165) is 32.8 Å². The molecule has 7 heteroatoms. The van der Waals surface area contributed by atoms with E-state index in [1.54, 1.807) is 30.7 Å². The maximum Gasteiger partial charge on any atom is 0.226 e. The molecule has 6 nitrogen and oxygen atoms in total. The van der Waals surface area contributed by atoms with Gasteiger partial charge in [-0.15, -0.1) is 11.3 Å². The fourth-order valence-corrected chi connectivity index (χ4v) is 3.37. The van der Waals surface area contributed by atoms with Crippen LogP contribution in [0.3, 0.4) is 0 Å². The Hall–Kier alpha value is -1.70. The van der Waals surface area contributed by atoms with Crippen LogP contribution in [0, 0.1) is 0 Å². The lowest BCUT2D eigenvalue weighted by Crippen LogP contribution is -2.41. The minimum absolute atomic E-state index is 0.304. The van der Waals surface area contributed by atoms with Gasteiger partial charge in [-0.05, 0) is 11.4 Å². The summed E-state index contributed by atoms with van der Waals surface area (Å²) in [5, 5.41) is 5.44. The van der Waals surface area contributed by atoms with Gasteiger partial charge in [-0.1, -0.05) is 6.07 Å². The average Bonchev–Trinajstić information content (AvgIpc) is 3.10. The number of hydrogen-bond donors (Lipinski definition) is 1. The van der Waals surface area contributed by atoms with E-state index in [9.17, 15) is 0 Å². The van der Waals surface area contributed by atoms with Gasteiger partial charge in [0.2, 0.25) is 11.8 Å². The van der Waals surface area contributed by atoms with Crippen molar-refractivity contribution in [1.82, 2.24) is 14.9 Å². The fourth-order valence-electron chi connectivity index (χ4n) is 2.51. The quantitative estimate of drug-likeness (QED) is 0.879. The summed E-state index contributed by atoms with van der Waals surface area (Å²) >= 11 is 1.78. The van der Waals surface area contributed by atoms with Gasteiger partial charge in [0, 0.05) is 36.8 Å². The number of methoxy groups -OCH3 is 1. The van der Waals surface area contributed by atoms with Gasteiger partial charge >= 0.3 is 0 Å². The first kappa shape index (κ1) is 15.2. The SMILES string of the molecule is COc1ccnc(NC[C@H](c2cccs2)N2CCOCC2)n1. The lowest BCUT2D eigenvalue weighted by molar-refractivity contribution is 0.0193. The van der Waals surface area contributed by atoms with Gasteiger partial charge in [0.15, 0.2) is 0 Å². The minimum atomic E-state index is 0.304. The Morgan fingerprint density at radius 2 is 2.27 bits per heavy atom. The van der Waals surface area contributed by atoms with Crippen molar-refractivity contribution in [2.24, 2.45) is 0 Å². The molecular formula is C15H20N4O2S. The van der Waals surface area contributed by atoms with Gasteiger partial charge in [-0.25, -0.2) is 4.98 Å². The summed E-state index contributed by atoms with van der Waals surface area (Å²) in [7, 11) is 1.61. The van der Waals surface area contributed by atoms with Gasteiger partial charge in [-0.2, -0.15) is 4.98 Å². The standard InChI is InChI=1S/C15H20N4O2S/c1-20-14-4-5-16-15(18-14)17-11-12(13-3-2-10-22-13)19-6-8-21-9-7-19/h2-5,10,12H,6-9,11H2,1H3,(H,16,17,18)/t12-/m1/s1. The second-order valence-corrected chi connectivity index (χ2v) is 5.96. The average molecular weight is 320 g/mol. The number of hydrogen-bond acceptors (Lipinski definition) is 7. The van der Waals surface area contributed by atoms with E-state index in [4.69, 9.17) is 9.47 Å². The first-order chi connectivity index (χ1) is 10.9. The third-order valence-corrected chi connectivity index (χ3v) is 4.62. The van der Waals surface area contributed by atoms with Crippen LogP contribution in [0.25, 0.3) is 0 Å². The Morgan fingerprint density at radius 3 is 3.00 bits per heavy atom. The number of thiophene rings is 1. The van der Waals surface area contributed by atoms with Crippen molar-refractivity contribution >= 4 is 17.3 Å². The van der Waals surface area contributed by atoms with Crippen LogP contribution in [0.4, 0.5) is 5.95 Å². The predicted molar refractivity (Wildman–Crippen MR) is 86.5 cm³/mol. The Kier molecular flexibility index (Phi) is 5.20. The summed E-state index contributed by atoms with van der Waals surface area (Å²) in [6.07, 6.45) is 1.70. The molecule has 1 aliphatic heterocycles. The molecule has 2 aromatic heterocycles. The number of nitrogens with one attached hydrogen (secondary N) is 1. The normalized spacial score (nSPS) is 17.1. The molecule has 0 radical (unpaired) electrons. The van der Waals surface area contributed by atoms with E-state index in [-0.39, 0.29) is 0 Å². The van der Waals surface area contributed by atoms with E-state index >= 15 is 0 Å². The molecule has 0 amide bonds. The molecule has 0 unspecified atom stereocenters. The molecule has 1 fully saturated rings. The first-order valence-electron chi connectivity index (χ1n) is 7.33. The highest BCUT2D eigenvalue weighted by Gasteiger charge is 2.23. The maximum absolute atomic E-state index is 5.46. The molecule has 1 aliphatic rings. The first-order valence-corrected chi connectivity index (χ1v) is 8.21. The lowest BCUT2D eigenvalue weighted by atomic mass is 10.2. The zero-order chi connectivity index (χ0) is 15.2. The highest BCUT2D eigenvalue weighted by atomic mass is 32.1. The molecule has 22 heavy (non-hydrogen) atoms. The molecule has 2 aromatic rings. The molecule has 3 heterocycles.